The predicted octanol–water partition coefficient (Wildman–Crippen LogP) is 3.27. The summed E-state index contributed by atoms with van der Waals surface area (Å²) in [6.07, 6.45) is 0. The van der Waals surface area contributed by atoms with E-state index in [0.717, 1.165) is 23.4 Å². The number of fused-ring (bicyclic) bond motifs is 1. The normalized spacial score (nSPS) is 11.2. The first-order valence-electron chi connectivity index (χ1n) is 6.86. The third-order valence-corrected chi connectivity index (χ3v) is 3.64. The van der Waals surface area contributed by atoms with Gasteiger partial charge in [-0.05, 0) is 31.7 Å². The SMILES string of the molecule is CNCc1ccc2c(c1)nc(-c1ccc(C)cc1)n2C. The van der Waals surface area contributed by atoms with E-state index in [2.05, 4.69) is 66.3 Å². The summed E-state index contributed by atoms with van der Waals surface area (Å²) in [6.45, 7) is 2.97. The maximum atomic E-state index is 4.79. The van der Waals surface area contributed by atoms with E-state index >= 15 is 0 Å². The van der Waals surface area contributed by atoms with Gasteiger partial charge in [-0.2, -0.15) is 0 Å². The summed E-state index contributed by atoms with van der Waals surface area (Å²) >= 11 is 0. The molecule has 1 N–H and O–H groups in total. The lowest BCUT2D eigenvalue weighted by atomic mass is 10.1. The largest absolute Gasteiger partial charge is 0.327 e. The molecule has 3 aromatic rings. The van der Waals surface area contributed by atoms with Gasteiger partial charge in [-0.3, -0.25) is 0 Å². The second-order valence-electron chi connectivity index (χ2n) is 5.21. The van der Waals surface area contributed by atoms with E-state index in [-0.39, 0.29) is 0 Å². The van der Waals surface area contributed by atoms with Crippen LogP contribution < -0.4 is 5.32 Å². The summed E-state index contributed by atoms with van der Waals surface area (Å²) in [4.78, 5) is 4.79. The van der Waals surface area contributed by atoms with E-state index in [9.17, 15) is 0 Å². The molecule has 0 atom stereocenters. The number of aromatic nitrogens is 2. The van der Waals surface area contributed by atoms with Crippen LogP contribution in [0, 0.1) is 6.92 Å². The Labute approximate surface area is 119 Å². The number of aryl methyl sites for hydroxylation is 2. The zero-order valence-electron chi connectivity index (χ0n) is 12.1. The Morgan fingerprint density at radius 3 is 2.55 bits per heavy atom. The highest BCUT2D eigenvalue weighted by atomic mass is 15.1. The predicted molar refractivity (Wildman–Crippen MR) is 83.7 cm³/mol. The van der Waals surface area contributed by atoms with Gasteiger partial charge in [0.2, 0.25) is 0 Å². The zero-order chi connectivity index (χ0) is 14.1. The van der Waals surface area contributed by atoms with E-state index in [0.29, 0.717) is 0 Å². The minimum Gasteiger partial charge on any atom is -0.327 e. The maximum Gasteiger partial charge on any atom is 0.140 e. The number of nitrogens with zero attached hydrogens (tertiary/aromatic N) is 2. The molecule has 3 rings (SSSR count). The van der Waals surface area contributed by atoms with E-state index in [4.69, 9.17) is 4.98 Å². The van der Waals surface area contributed by atoms with Crippen molar-refractivity contribution in [2.45, 2.75) is 13.5 Å². The number of rotatable bonds is 3. The number of nitrogens with one attached hydrogen (secondary N) is 1. The lowest BCUT2D eigenvalue weighted by Gasteiger charge is -2.03. The first-order valence-corrected chi connectivity index (χ1v) is 6.86. The van der Waals surface area contributed by atoms with Crippen LogP contribution in [0.15, 0.2) is 42.5 Å². The standard InChI is InChI=1S/C17H19N3/c1-12-4-7-14(8-5-12)17-19-15-10-13(11-18-2)6-9-16(15)20(17)3/h4-10,18H,11H2,1-3H3. The Hall–Kier alpha value is -2.13. The van der Waals surface area contributed by atoms with Gasteiger partial charge in [0.1, 0.15) is 5.82 Å². The molecule has 0 bridgehead atoms. The maximum absolute atomic E-state index is 4.79. The molecule has 0 unspecified atom stereocenters. The molecule has 0 aliphatic rings. The fourth-order valence-electron chi connectivity index (χ4n) is 2.52. The number of benzene rings is 2. The fourth-order valence-corrected chi connectivity index (χ4v) is 2.52. The van der Waals surface area contributed by atoms with E-state index in [1.807, 2.05) is 7.05 Å². The molecule has 3 heteroatoms. The van der Waals surface area contributed by atoms with Crippen LogP contribution in [0.1, 0.15) is 11.1 Å². The second-order valence-corrected chi connectivity index (χ2v) is 5.21. The molecule has 0 fully saturated rings. The molecule has 1 aromatic heterocycles. The highest BCUT2D eigenvalue weighted by Gasteiger charge is 2.09. The quantitative estimate of drug-likeness (QED) is 0.787. The van der Waals surface area contributed by atoms with E-state index < -0.39 is 0 Å². The highest BCUT2D eigenvalue weighted by Crippen LogP contribution is 2.24. The van der Waals surface area contributed by atoms with Gasteiger partial charge in [0.15, 0.2) is 0 Å². The second kappa shape index (κ2) is 5.10. The molecule has 1 heterocycles. The monoisotopic (exact) mass is 265 g/mol. The van der Waals surface area contributed by atoms with Gasteiger partial charge in [-0.25, -0.2) is 4.98 Å². The molecule has 2 aromatic carbocycles. The molecule has 0 aliphatic heterocycles. The highest BCUT2D eigenvalue weighted by molar-refractivity contribution is 5.81. The Morgan fingerprint density at radius 1 is 1.10 bits per heavy atom. The Bertz CT molecular complexity index is 739. The van der Waals surface area contributed by atoms with Crippen molar-refractivity contribution in [3.05, 3.63) is 53.6 Å². The van der Waals surface area contributed by atoms with Crippen molar-refractivity contribution < 1.29 is 0 Å². The summed E-state index contributed by atoms with van der Waals surface area (Å²) in [5.74, 6) is 1.02. The fraction of sp³-hybridized carbons (Fsp3) is 0.235. The lowest BCUT2D eigenvalue weighted by molar-refractivity contribution is 0.819. The van der Waals surface area contributed by atoms with Crippen molar-refractivity contribution >= 4 is 11.0 Å². The molecule has 102 valence electrons. The summed E-state index contributed by atoms with van der Waals surface area (Å²) < 4.78 is 2.16. The molecular formula is C17H19N3. The minimum atomic E-state index is 0.867. The third-order valence-electron chi connectivity index (χ3n) is 3.64. The average Bonchev–Trinajstić information content (AvgIpc) is 2.77. The number of hydrogen-bond donors (Lipinski definition) is 1. The molecule has 3 nitrogen and oxygen atoms in total. The summed E-state index contributed by atoms with van der Waals surface area (Å²) in [6, 6.07) is 15.0. The van der Waals surface area contributed by atoms with Crippen LogP contribution in [-0.4, -0.2) is 16.6 Å². The van der Waals surface area contributed by atoms with Crippen LogP contribution in [0.2, 0.25) is 0 Å². The van der Waals surface area contributed by atoms with Gasteiger partial charge in [-0.1, -0.05) is 35.9 Å². The van der Waals surface area contributed by atoms with Crippen LogP contribution in [-0.2, 0) is 13.6 Å². The smallest absolute Gasteiger partial charge is 0.140 e. The molecular weight excluding hydrogens is 246 g/mol. The average molecular weight is 265 g/mol. The van der Waals surface area contributed by atoms with Crippen LogP contribution >= 0.6 is 0 Å². The molecule has 0 saturated heterocycles. The van der Waals surface area contributed by atoms with Gasteiger partial charge in [0, 0.05) is 19.2 Å². The van der Waals surface area contributed by atoms with Crippen molar-refractivity contribution in [2.24, 2.45) is 7.05 Å². The van der Waals surface area contributed by atoms with Crippen molar-refractivity contribution in [3.8, 4) is 11.4 Å². The van der Waals surface area contributed by atoms with Crippen LogP contribution in [0.25, 0.3) is 22.4 Å². The number of hydrogen-bond acceptors (Lipinski definition) is 2. The molecule has 0 amide bonds. The Morgan fingerprint density at radius 2 is 1.85 bits per heavy atom. The van der Waals surface area contributed by atoms with Crippen molar-refractivity contribution in [2.75, 3.05) is 7.05 Å². The Balaban J connectivity index is 2.12. The molecule has 20 heavy (non-hydrogen) atoms. The van der Waals surface area contributed by atoms with Crippen molar-refractivity contribution in [1.29, 1.82) is 0 Å². The van der Waals surface area contributed by atoms with Gasteiger partial charge < -0.3 is 9.88 Å². The molecule has 0 aliphatic carbocycles. The molecule has 0 radical (unpaired) electrons. The van der Waals surface area contributed by atoms with Crippen LogP contribution in [0.3, 0.4) is 0 Å². The first-order chi connectivity index (χ1) is 9.69. The third kappa shape index (κ3) is 2.21. The zero-order valence-corrected chi connectivity index (χ0v) is 12.1. The first kappa shape index (κ1) is 12.9. The van der Waals surface area contributed by atoms with E-state index in [1.54, 1.807) is 0 Å². The van der Waals surface area contributed by atoms with Crippen molar-refractivity contribution in [1.82, 2.24) is 14.9 Å². The molecule has 0 saturated carbocycles. The lowest BCUT2D eigenvalue weighted by Crippen LogP contribution is -2.04. The Kier molecular flexibility index (Phi) is 3.28. The molecule has 0 spiro atoms. The van der Waals surface area contributed by atoms with Crippen LogP contribution in [0.4, 0.5) is 0 Å². The topological polar surface area (TPSA) is 29.9 Å². The summed E-state index contributed by atoms with van der Waals surface area (Å²) in [7, 11) is 4.03. The number of imidazole rings is 1. The minimum absolute atomic E-state index is 0.867. The van der Waals surface area contributed by atoms with Gasteiger partial charge in [0.05, 0.1) is 11.0 Å². The van der Waals surface area contributed by atoms with Gasteiger partial charge in [-0.15, -0.1) is 0 Å². The van der Waals surface area contributed by atoms with Crippen molar-refractivity contribution in [3.63, 3.8) is 0 Å². The summed E-state index contributed by atoms with van der Waals surface area (Å²) in [5, 5.41) is 3.17. The van der Waals surface area contributed by atoms with E-state index in [1.165, 1.54) is 16.6 Å². The van der Waals surface area contributed by atoms with Crippen LogP contribution in [0.5, 0.6) is 0 Å². The van der Waals surface area contributed by atoms with Gasteiger partial charge in [0.25, 0.3) is 0 Å². The van der Waals surface area contributed by atoms with Gasteiger partial charge >= 0.3 is 0 Å². The summed E-state index contributed by atoms with van der Waals surface area (Å²) in [5.41, 5.74) is 5.90.